The number of benzene rings is 2. The normalized spacial score (nSPS) is 17.9. The predicted molar refractivity (Wildman–Crippen MR) is 135 cm³/mol. The van der Waals surface area contributed by atoms with Crippen LogP contribution in [0.4, 0.5) is 18.0 Å². The van der Waals surface area contributed by atoms with Crippen molar-refractivity contribution < 1.29 is 32.2 Å². The number of hydrogen-bond donors (Lipinski definition) is 0. The van der Waals surface area contributed by atoms with Crippen LogP contribution in [-0.4, -0.2) is 34.8 Å². The van der Waals surface area contributed by atoms with E-state index in [-0.39, 0.29) is 11.7 Å². The monoisotopic (exact) mass is 521 g/mol. The Morgan fingerprint density at radius 1 is 1.08 bits per heavy atom. The van der Waals surface area contributed by atoms with Gasteiger partial charge in [-0.2, -0.15) is 4.99 Å². The van der Waals surface area contributed by atoms with Crippen LogP contribution in [0.1, 0.15) is 35.9 Å². The molecule has 0 saturated carbocycles. The van der Waals surface area contributed by atoms with Crippen molar-refractivity contribution >= 4 is 17.9 Å². The SMILES string of the molecule is COc1ccccc1C(C)OC(=O)/N=C1\C=CC2C(=C1)C=Cc1c2ncn1-c1ccc(OC(F)(F)F)cc1. The molecule has 2 atom stereocenters. The van der Waals surface area contributed by atoms with Crippen LogP contribution in [0.5, 0.6) is 11.5 Å². The summed E-state index contributed by atoms with van der Waals surface area (Å²) < 4.78 is 53.9. The van der Waals surface area contributed by atoms with Crippen LogP contribution in [0.3, 0.4) is 0 Å². The zero-order chi connectivity index (χ0) is 26.9. The fourth-order valence-corrected chi connectivity index (χ4v) is 4.40. The summed E-state index contributed by atoms with van der Waals surface area (Å²) in [5.41, 5.74) is 4.29. The number of ether oxygens (including phenoxy) is 3. The lowest BCUT2D eigenvalue weighted by molar-refractivity contribution is -0.274. The predicted octanol–water partition coefficient (Wildman–Crippen LogP) is 6.72. The number of amides is 1. The van der Waals surface area contributed by atoms with E-state index in [1.807, 2.05) is 36.4 Å². The number of fused-ring (bicyclic) bond motifs is 3. The molecule has 5 rings (SSSR count). The first-order chi connectivity index (χ1) is 18.2. The molecule has 2 aliphatic carbocycles. The Hall–Kier alpha value is -4.60. The van der Waals surface area contributed by atoms with Crippen LogP contribution < -0.4 is 9.47 Å². The summed E-state index contributed by atoms with van der Waals surface area (Å²) in [6.45, 7) is 1.75. The third-order valence-corrected chi connectivity index (χ3v) is 6.12. The number of alkyl halides is 3. The number of methoxy groups -OCH3 is 1. The van der Waals surface area contributed by atoms with Crippen molar-refractivity contribution in [3.8, 4) is 17.2 Å². The average Bonchev–Trinajstić information content (AvgIpc) is 3.32. The molecule has 10 heteroatoms. The van der Waals surface area contributed by atoms with Crippen molar-refractivity contribution in [2.75, 3.05) is 7.11 Å². The van der Waals surface area contributed by atoms with Crippen molar-refractivity contribution in [3.63, 3.8) is 0 Å². The highest BCUT2D eigenvalue weighted by Crippen LogP contribution is 2.37. The topological polar surface area (TPSA) is 74.9 Å². The van der Waals surface area contributed by atoms with Crippen molar-refractivity contribution in [1.29, 1.82) is 0 Å². The first-order valence-electron chi connectivity index (χ1n) is 11.7. The van der Waals surface area contributed by atoms with Gasteiger partial charge < -0.3 is 14.2 Å². The van der Waals surface area contributed by atoms with Crippen LogP contribution in [0.2, 0.25) is 0 Å². The number of carbonyl (C=O) groups excluding carboxylic acids is 1. The summed E-state index contributed by atoms with van der Waals surface area (Å²) >= 11 is 0. The molecule has 1 amide bonds. The minimum absolute atomic E-state index is 0.161. The van der Waals surface area contributed by atoms with Gasteiger partial charge in [-0.1, -0.05) is 30.4 Å². The molecule has 0 saturated heterocycles. The minimum atomic E-state index is -4.75. The van der Waals surface area contributed by atoms with E-state index < -0.39 is 18.6 Å². The number of allylic oxidation sites excluding steroid dienone is 5. The van der Waals surface area contributed by atoms with E-state index in [1.165, 1.54) is 24.3 Å². The highest BCUT2D eigenvalue weighted by Gasteiger charge is 2.31. The van der Waals surface area contributed by atoms with Gasteiger partial charge in [-0.15, -0.1) is 13.2 Å². The van der Waals surface area contributed by atoms with Crippen LogP contribution in [0, 0.1) is 0 Å². The molecule has 0 radical (unpaired) electrons. The Bertz CT molecular complexity index is 1480. The second-order valence-corrected chi connectivity index (χ2v) is 8.55. The van der Waals surface area contributed by atoms with Gasteiger partial charge in [0.2, 0.25) is 0 Å². The first kappa shape index (κ1) is 25.1. The average molecular weight is 521 g/mol. The number of aliphatic imine (C=N–C) groups is 1. The van der Waals surface area contributed by atoms with Gasteiger partial charge in [-0.3, -0.25) is 4.57 Å². The van der Waals surface area contributed by atoms with E-state index >= 15 is 0 Å². The summed E-state index contributed by atoms with van der Waals surface area (Å²) in [4.78, 5) is 21.1. The van der Waals surface area contributed by atoms with E-state index in [0.717, 1.165) is 22.5 Å². The third kappa shape index (κ3) is 5.24. The molecule has 1 aromatic heterocycles. The number of rotatable bonds is 5. The Labute approximate surface area is 216 Å². The Morgan fingerprint density at radius 2 is 1.84 bits per heavy atom. The van der Waals surface area contributed by atoms with Crippen LogP contribution in [0.25, 0.3) is 11.8 Å². The van der Waals surface area contributed by atoms with Crippen LogP contribution in [0.15, 0.2) is 89.7 Å². The highest BCUT2D eigenvalue weighted by molar-refractivity contribution is 6.10. The fourth-order valence-electron chi connectivity index (χ4n) is 4.40. The second-order valence-electron chi connectivity index (χ2n) is 8.55. The highest BCUT2D eigenvalue weighted by atomic mass is 19.4. The molecule has 38 heavy (non-hydrogen) atoms. The van der Waals surface area contributed by atoms with E-state index in [9.17, 15) is 18.0 Å². The summed E-state index contributed by atoms with van der Waals surface area (Å²) in [5, 5.41) is 0. The molecule has 2 aromatic carbocycles. The lowest BCUT2D eigenvalue weighted by atomic mass is 9.85. The molecule has 194 valence electrons. The van der Waals surface area contributed by atoms with Crippen molar-refractivity contribution in [2.24, 2.45) is 4.99 Å². The lowest BCUT2D eigenvalue weighted by Crippen LogP contribution is -2.17. The Morgan fingerprint density at radius 3 is 2.58 bits per heavy atom. The maximum atomic E-state index is 12.5. The second kappa shape index (κ2) is 10.0. The summed E-state index contributed by atoms with van der Waals surface area (Å²) in [5.74, 6) is 0.163. The first-order valence-corrected chi connectivity index (χ1v) is 11.7. The van der Waals surface area contributed by atoms with Gasteiger partial charge in [0, 0.05) is 17.2 Å². The Kier molecular flexibility index (Phi) is 6.62. The standard InChI is InChI=1S/C28H22F3N3O4/c1-17(22-5-3-4-6-25(22)36-2)37-27(35)33-19-8-13-23-18(15-19)7-14-24-26(23)32-16-34(24)20-9-11-21(12-10-20)38-28(29,30)31/h3-17,23H,1-2H3/b33-19+. The molecule has 0 aliphatic heterocycles. The van der Waals surface area contributed by atoms with Gasteiger partial charge in [0.15, 0.2) is 0 Å². The molecule has 3 aromatic rings. The van der Waals surface area contributed by atoms with Gasteiger partial charge in [-0.05, 0) is 61.1 Å². The molecule has 0 spiro atoms. The largest absolute Gasteiger partial charge is 0.573 e. The number of imidazole rings is 1. The molecule has 0 N–H and O–H groups in total. The molecule has 0 fully saturated rings. The number of hydrogen-bond acceptors (Lipinski definition) is 5. The van der Waals surface area contributed by atoms with E-state index in [4.69, 9.17) is 9.47 Å². The van der Waals surface area contributed by atoms with Crippen molar-refractivity contribution in [2.45, 2.75) is 25.3 Å². The van der Waals surface area contributed by atoms with Gasteiger partial charge in [0.25, 0.3) is 0 Å². The van der Waals surface area contributed by atoms with E-state index in [1.54, 1.807) is 43.1 Å². The maximum Gasteiger partial charge on any atom is 0.573 e. The van der Waals surface area contributed by atoms with Crippen molar-refractivity contribution in [3.05, 3.63) is 102 Å². The van der Waals surface area contributed by atoms with Crippen LogP contribution in [-0.2, 0) is 4.74 Å². The van der Waals surface area contributed by atoms with Gasteiger partial charge in [0.1, 0.15) is 23.9 Å². The zero-order valence-electron chi connectivity index (χ0n) is 20.3. The number of aromatic nitrogens is 2. The molecular weight excluding hydrogens is 499 g/mol. The number of carbonyl (C=O) groups is 1. The molecule has 0 bridgehead atoms. The molecular formula is C28H22F3N3O4. The summed E-state index contributed by atoms with van der Waals surface area (Å²) in [6.07, 6.45) is 4.78. The smallest absolute Gasteiger partial charge is 0.496 e. The summed E-state index contributed by atoms with van der Waals surface area (Å²) in [6, 6.07) is 12.9. The van der Waals surface area contributed by atoms with Crippen LogP contribution >= 0.6 is 0 Å². The van der Waals surface area contributed by atoms with E-state index in [0.29, 0.717) is 17.1 Å². The summed E-state index contributed by atoms with van der Waals surface area (Å²) in [7, 11) is 1.55. The molecule has 1 heterocycles. The molecule has 2 unspecified atom stereocenters. The van der Waals surface area contributed by atoms with Gasteiger partial charge in [-0.25, -0.2) is 9.78 Å². The number of nitrogens with zero attached hydrogens (tertiary/aromatic N) is 3. The number of para-hydroxylation sites is 1. The van der Waals surface area contributed by atoms with Crippen molar-refractivity contribution in [1.82, 2.24) is 9.55 Å². The fraction of sp³-hybridized carbons (Fsp3) is 0.179. The minimum Gasteiger partial charge on any atom is -0.496 e. The third-order valence-electron chi connectivity index (χ3n) is 6.12. The maximum absolute atomic E-state index is 12.5. The molecule has 7 nitrogen and oxygen atoms in total. The molecule has 2 aliphatic rings. The van der Waals surface area contributed by atoms with E-state index in [2.05, 4.69) is 14.7 Å². The van der Waals surface area contributed by atoms with Gasteiger partial charge in [0.05, 0.1) is 24.2 Å². The zero-order valence-corrected chi connectivity index (χ0v) is 20.3. The lowest BCUT2D eigenvalue weighted by Gasteiger charge is -2.22. The van der Waals surface area contributed by atoms with Gasteiger partial charge >= 0.3 is 12.5 Å². The number of halogens is 3. The quantitative estimate of drug-likeness (QED) is 0.372. The Balaban J connectivity index is 1.31.